The minimum atomic E-state index is -0.167. The van der Waals surface area contributed by atoms with Crippen molar-refractivity contribution in [1.82, 2.24) is 15.3 Å². The lowest BCUT2D eigenvalue weighted by atomic mass is 10.0. The highest BCUT2D eigenvalue weighted by atomic mass is 16.5. The summed E-state index contributed by atoms with van der Waals surface area (Å²) < 4.78 is 10.7. The topological polar surface area (TPSA) is 73.3 Å². The van der Waals surface area contributed by atoms with Gasteiger partial charge in [0.05, 0.1) is 31.0 Å². The van der Waals surface area contributed by atoms with Crippen LogP contribution in [-0.2, 0) is 6.54 Å². The van der Waals surface area contributed by atoms with Gasteiger partial charge in [-0.25, -0.2) is 4.98 Å². The second kappa shape index (κ2) is 8.61. The van der Waals surface area contributed by atoms with Gasteiger partial charge in [0.25, 0.3) is 5.91 Å². The number of carbonyl (C=O) groups excluding carboxylic acids is 1. The smallest absolute Gasteiger partial charge is 0.252 e. The van der Waals surface area contributed by atoms with Gasteiger partial charge >= 0.3 is 0 Å². The van der Waals surface area contributed by atoms with E-state index in [0.29, 0.717) is 29.3 Å². The van der Waals surface area contributed by atoms with Crippen molar-refractivity contribution in [3.05, 3.63) is 84.2 Å². The van der Waals surface area contributed by atoms with E-state index in [9.17, 15) is 4.79 Å². The third-order valence-electron chi connectivity index (χ3n) is 4.82. The van der Waals surface area contributed by atoms with Crippen LogP contribution in [0, 0.1) is 0 Å². The van der Waals surface area contributed by atoms with E-state index in [1.54, 1.807) is 26.6 Å². The molecule has 0 atom stereocenters. The Labute approximate surface area is 174 Å². The first-order chi connectivity index (χ1) is 14.7. The molecule has 0 bridgehead atoms. The van der Waals surface area contributed by atoms with Gasteiger partial charge < -0.3 is 14.8 Å². The number of para-hydroxylation sites is 1. The molecule has 0 aliphatic rings. The molecule has 6 nitrogen and oxygen atoms in total. The molecule has 4 rings (SSSR count). The molecular formula is C24H21N3O3. The molecule has 6 heteroatoms. The summed E-state index contributed by atoms with van der Waals surface area (Å²) in [5, 5.41) is 3.77. The minimum Gasteiger partial charge on any atom is -0.493 e. The number of hydrogen-bond donors (Lipinski definition) is 1. The van der Waals surface area contributed by atoms with Crippen molar-refractivity contribution in [3.8, 4) is 22.8 Å². The average molecular weight is 399 g/mol. The van der Waals surface area contributed by atoms with Crippen LogP contribution in [0.25, 0.3) is 22.2 Å². The second-order valence-corrected chi connectivity index (χ2v) is 6.69. The second-order valence-electron chi connectivity index (χ2n) is 6.69. The SMILES string of the molecule is COc1ccc(-c2cc(C(=O)NCc3cccnc3)c3ccccc3n2)cc1OC. The van der Waals surface area contributed by atoms with Crippen molar-refractivity contribution in [1.29, 1.82) is 0 Å². The molecule has 30 heavy (non-hydrogen) atoms. The lowest BCUT2D eigenvalue weighted by Gasteiger charge is -2.12. The summed E-state index contributed by atoms with van der Waals surface area (Å²) in [6.45, 7) is 0.398. The van der Waals surface area contributed by atoms with E-state index >= 15 is 0 Å². The Bertz CT molecular complexity index is 1190. The van der Waals surface area contributed by atoms with Crippen LogP contribution in [0.2, 0.25) is 0 Å². The zero-order valence-electron chi connectivity index (χ0n) is 16.8. The van der Waals surface area contributed by atoms with E-state index in [0.717, 1.165) is 22.0 Å². The van der Waals surface area contributed by atoms with Gasteiger partial charge in [-0.3, -0.25) is 9.78 Å². The first kappa shape index (κ1) is 19.4. The van der Waals surface area contributed by atoms with E-state index < -0.39 is 0 Å². The van der Waals surface area contributed by atoms with Gasteiger partial charge in [-0.05, 0) is 42.0 Å². The number of benzene rings is 2. The molecule has 2 heterocycles. The third-order valence-corrected chi connectivity index (χ3v) is 4.82. The number of carbonyl (C=O) groups is 1. The molecule has 0 fully saturated rings. The minimum absolute atomic E-state index is 0.167. The molecule has 4 aromatic rings. The number of hydrogen-bond acceptors (Lipinski definition) is 5. The largest absolute Gasteiger partial charge is 0.493 e. The molecular weight excluding hydrogens is 378 g/mol. The van der Waals surface area contributed by atoms with Crippen LogP contribution in [0.15, 0.2) is 73.1 Å². The Morgan fingerprint density at radius 3 is 2.57 bits per heavy atom. The summed E-state index contributed by atoms with van der Waals surface area (Å²) in [4.78, 5) is 21.9. The first-order valence-electron chi connectivity index (χ1n) is 9.49. The highest BCUT2D eigenvalue weighted by Crippen LogP contribution is 2.33. The lowest BCUT2D eigenvalue weighted by Crippen LogP contribution is -2.23. The van der Waals surface area contributed by atoms with Gasteiger partial charge in [-0.1, -0.05) is 24.3 Å². The van der Waals surface area contributed by atoms with Crippen molar-refractivity contribution < 1.29 is 14.3 Å². The predicted octanol–water partition coefficient (Wildman–Crippen LogP) is 4.24. The van der Waals surface area contributed by atoms with Crippen molar-refractivity contribution in [2.45, 2.75) is 6.54 Å². The van der Waals surface area contributed by atoms with Crippen LogP contribution in [0.1, 0.15) is 15.9 Å². The van der Waals surface area contributed by atoms with Crippen LogP contribution in [0.4, 0.5) is 0 Å². The molecule has 0 spiro atoms. The zero-order chi connectivity index (χ0) is 20.9. The Hall–Kier alpha value is -3.93. The first-order valence-corrected chi connectivity index (χ1v) is 9.49. The standard InChI is InChI=1S/C24H21N3O3/c1-29-22-10-9-17(12-23(22)30-2)21-13-19(18-7-3-4-8-20(18)27-21)24(28)26-15-16-6-5-11-25-14-16/h3-14H,15H2,1-2H3,(H,26,28). The number of amides is 1. The highest BCUT2D eigenvalue weighted by Gasteiger charge is 2.15. The van der Waals surface area contributed by atoms with Crippen LogP contribution in [0.3, 0.4) is 0 Å². The van der Waals surface area contributed by atoms with Crippen LogP contribution in [0.5, 0.6) is 11.5 Å². The Kier molecular flexibility index (Phi) is 5.57. The molecule has 2 aromatic carbocycles. The van der Waals surface area contributed by atoms with E-state index in [4.69, 9.17) is 14.5 Å². The molecule has 0 aliphatic carbocycles. The van der Waals surface area contributed by atoms with E-state index in [1.807, 2.05) is 60.7 Å². The van der Waals surface area contributed by atoms with Gasteiger partial charge in [0, 0.05) is 29.9 Å². The Balaban J connectivity index is 1.73. The number of ether oxygens (including phenoxy) is 2. The van der Waals surface area contributed by atoms with E-state index in [2.05, 4.69) is 10.3 Å². The van der Waals surface area contributed by atoms with Crippen LogP contribution < -0.4 is 14.8 Å². The molecule has 1 N–H and O–H groups in total. The van der Waals surface area contributed by atoms with E-state index in [1.165, 1.54) is 0 Å². The molecule has 0 unspecified atom stereocenters. The fraction of sp³-hybridized carbons (Fsp3) is 0.125. The number of methoxy groups -OCH3 is 2. The van der Waals surface area contributed by atoms with Gasteiger partial charge in [-0.15, -0.1) is 0 Å². The summed E-state index contributed by atoms with van der Waals surface area (Å²) in [5.41, 5.74) is 3.76. The summed E-state index contributed by atoms with van der Waals surface area (Å²) in [5.74, 6) is 1.07. The summed E-state index contributed by atoms with van der Waals surface area (Å²) in [7, 11) is 3.18. The summed E-state index contributed by atoms with van der Waals surface area (Å²) >= 11 is 0. The van der Waals surface area contributed by atoms with Gasteiger partial charge in [0.1, 0.15) is 0 Å². The third kappa shape index (κ3) is 3.93. The number of aromatic nitrogens is 2. The van der Waals surface area contributed by atoms with Crippen LogP contribution >= 0.6 is 0 Å². The van der Waals surface area contributed by atoms with Gasteiger partial charge in [0.15, 0.2) is 11.5 Å². The van der Waals surface area contributed by atoms with Gasteiger partial charge in [-0.2, -0.15) is 0 Å². The average Bonchev–Trinajstić information content (AvgIpc) is 2.82. The fourth-order valence-corrected chi connectivity index (χ4v) is 3.29. The summed E-state index contributed by atoms with van der Waals surface area (Å²) in [6, 6.07) is 18.8. The quantitative estimate of drug-likeness (QED) is 0.525. The number of pyridine rings is 2. The molecule has 1 amide bonds. The molecule has 0 saturated carbocycles. The molecule has 0 aliphatic heterocycles. The van der Waals surface area contributed by atoms with Crippen molar-refractivity contribution in [2.24, 2.45) is 0 Å². The Morgan fingerprint density at radius 1 is 0.967 bits per heavy atom. The molecule has 150 valence electrons. The normalized spacial score (nSPS) is 10.6. The molecule has 2 aromatic heterocycles. The molecule has 0 radical (unpaired) electrons. The monoisotopic (exact) mass is 399 g/mol. The number of fused-ring (bicyclic) bond motifs is 1. The fourth-order valence-electron chi connectivity index (χ4n) is 3.29. The van der Waals surface area contributed by atoms with Crippen LogP contribution in [-0.4, -0.2) is 30.1 Å². The van der Waals surface area contributed by atoms with Crippen molar-refractivity contribution in [2.75, 3.05) is 14.2 Å². The maximum absolute atomic E-state index is 13.0. The van der Waals surface area contributed by atoms with Crippen molar-refractivity contribution in [3.63, 3.8) is 0 Å². The number of nitrogens with zero attached hydrogens (tertiary/aromatic N) is 2. The van der Waals surface area contributed by atoms with Gasteiger partial charge in [0.2, 0.25) is 0 Å². The lowest BCUT2D eigenvalue weighted by molar-refractivity contribution is 0.0952. The molecule has 0 saturated heterocycles. The Morgan fingerprint density at radius 2 is 1.80 bits per heavy atom. The summed E-state index contributed by atoms with van der Waals surface area (Å²) in [6.07, 6.45) is 3.44. The maximum Gasteiger partial charge on any atom is 0.252 e. The number of nitrogens with one attached hydrogen (secondary N) is 1. The highest BCUT2D eigenvalue weighted by molar-refractivity contribution is 6.07. The predicted molar refractivity (Wildman–Crippen MR) is 116 cm³/mol. The zero-order valence-corrected chi connectivity index (χ0v) is 16.8. The van der Waals surface area contributed by atoms with Crippen molar-refractivity contribution >= 4 is 16.8 Å². The number of rotatable bonds is 6. The maximum atomic E-state index is 13.0. The van der Waals surface area contributed by atoms with E-state index in [-0.39, 0.29) is 5.91 Å².